The molecule has 0 aliphatic carbocycles. The van der Waals surface area contributed by atoms with Crippen LogP contribution in [0.15, 0.2) is 60.1 Å². The molecule has 8 nitrogen and oxygen atoms in total. The van der Waals surface area contributed by atoms with Crippen molar-refractivity contribution >= 4 is 28.3 Å². The average Bonchev–Trinajstić information content (AvgIpc) is 3.48. The Morgan fingerprint density at radius 2 is 1.81 bits per heavy atom. The summed E-state index contributed by atoms with van der Waals surface area (Å²) in [6, 6.07) is 15.1. The van der Waals surface area contributed by atoms with Gasteiger partial charge >= 0.3 is 0 Å². The summed E-state index contributed by atoms with van der Waals surface area (Å²) in [5.41, 5.74) is 2.70. The predicted octanol–water partition coefficient (Wildman–Crippen LogP) is 7.15. The van der Waals surface area contributed by atoms with E-state index in [4.69, 9.17) is 4.74 Å². The molecule has 2 aliphatic rings. The van der Waals surface area contributed by atoms with Crippen LogP contribution in [0, 0.1) is 11.2 Å². The summed E-state index contributed by atoms with van der Waals surface area (Å²) in [6.07, 6.45) is -0.885. The monoisotopic (exact) mass is 609 g/mol. The Morgan fingerprint density at radius 1 is 1.07 bits per heavy atom. The first-order valence-electron chi connectivity index (χ1n) is 13.4. The second kappa shape index (κ2) is 11.4. The molecule has 2 aliphatic heterocycles. The number of carbonyl (C=O) groups excluding carboxylic acids is 2. The molecule has 6 rings (SSSR count). The highest BCUT2D eigenvalue weighted by atomic mass is 32.1. The molecule has 2 aromatic carbocycles. The van der Waals surface area contributed by atoms with Crippen LogP contribution in [-0.4, -0.2) is 50.9 Å². The van der Waals surface area contributed by atoms with Gasteiger partial charge in [0.25, 0.3) is 11.8 Å². The molecule has 0 bridgehead atoms. The lowest BCUT2D eigenvalue weighted by molar-refractivity contribution is -0.124. The summed E-state index contributed by atoms with van der Waals surface area (Å²) < 4.78 is 48.4. The maximum Gasteiger partial charge on any atom is 0.256 e. The number of hydrogen-bond donors (Lipinski definition) is 1. The lowest BCUT2D eigenvalue weighted by Crippen LogP contribution is -2.43. The van der Waals surface area contributed by atoms with Crippen molar-refractivity contribution in [3.05, 3.63) is 82.6 Å². The van der Waals surface area contributed by atoms with Crippen LogP contribution in [0.1, 0.15) is 61.5 Å². The highest BCUT2D eigenvalue weighted by Crippen LogP contribution is 2.52. The minimum atomic E-state index is -2.81. The predicted molar refractivity (Wildman–Crippen MR) is 157 cm³/mol. The maximum absolute atomic E-state index is 15.2. The Kier molecular flexibility index (Phi) is 7.99. The fraction of sp³-hybridized carbons (Fsp3) is 0.323. The van der Waals surface area contributed by atoms with E-state index >= 15 is 4.39 Å². The van der Waals surface area contributed by atoms with Gasteiger partial charge < -0.3 is 15.0 Å². The van der Waals surface area contributed by atoms with Crippen LogP contribution in [0.2, 0.25) is 0 Å². The molecule has 0 spiro atoms. The van der Waals surface area contributed by atoms with Gasteiger partial charge in [0.15, 0.2) is 0 Å². The number of pyridine rings is 1. The number of para-hydroxylation sites is 1. The van der Waals surface area contributed by atoms with Crippen molar-refractivity contribution in [1.29, 1.82) is 0 Å². The number of rotatable bonds is 5. The number of carbonyl (C=O) groups is 2. The Labute approximate surface area is 250 Å². The number of nitrogens with one attached hydrogen (secondary N) is 1. The van der Waals surface area contributed by atoms with Crippen molar-refractivity contribution in [1.82, 2.24) is 20.1 Å². The van der Waals surface area contributed by atoms with Gasteiger partial charge in [-0.2, -0.15) is 0 Å². The minimum absolute atomic E-state index is 0. The zero-order chi connectivity index (χ0) is 29.6. The standard InChI is InChI=1S/C30H26F3N5O3S.CH4/c1-29(2,27(40)36-28-37-34-16-42-28)24-19-5-3-4-6-23(19)41-25-20(24)9-10-22(35-25)17-7-8-18(21(31)15-17)26(39)38-13-11-30(32,33)12-14-38;/h3-10,15-16,24H,11-14H2,1-2H3,(H,36,37,40);1H4/t24-;/m0./s1. The third kappa shape index (κ3) is 5.71. The lowest BCUT2D eigenvalue weighted by Gasteiger charge is -2.37. The van der Waals surface area contributed by atoms with E-state index in [-0.39, 0.29) is 37.9 Å². The van der Waals surface area contributed by atoms with Crippen LogP contribution < -0.4 is 10.1 Å². The number of likely N-dealkylation sites (tertiary alicyclic amines) is 1. The summed E-state index contributed by atoms with van der Waals surface area (Å²) in [4.78, 5) is 32.2. The number of alkyl halides is 2. The molecule has 4 heterocycles. The Bertz CT molecular complexity index is 1670. The minimum Gasteiger partial charge on any atom is -0.438 e. The molecular weight excluding hydrogens is 579 g/mol. The molecule has 2 aromatic heterocycles. The molecule has 1 N–H and O–H groups in total. The fourth-order valence-electron chi connectivity index (χ4n) is 5.45. The Hall–Kier alpha value is -4.32. The van der Waals surface area contributed by atoms with Gasteiger partial charge in [-0.05, 0) is 24.3 Å². The number of nitrogens with zero attached hydrogens (tertiary/aromatic N) is 4. The van der Waals surface area contributed by atoms with Gasteiger partial charge in [-0.15, -0.1) is 10.2 Å². The number of benzene rings is 2. The van der Waals surface area contributed by atoms with Gasteiger partial charge in [0.05, 0.1) is 16.7 Å². The van der Waals surface area contributed by atoms with Crippen molar-refractivity contribution in [2.24, 2.45) is 5.41 Å². The molecule has 2 amide bonds. The molecule has 224 valence electrons. The first kappa shape index (κ1) is 30.1. The van der Waals surface area contributed by atoms with Gasteiger partial charge in [-0.25, -0.2) is 18.2 Å². The van der Waals surface area contributed by atoms with Crippen LogP contribution in [0.4, 0.5) is 18.3 Å². The van der Waals surface area contributed by atoms with Crippen LogP contribution in [0.3, 0.4) is 0 Å². The number of amides is 2. The molecule has 12 heteroatoms. The Balaban J connectivity index is 0.00000368. The van der Waals surface area contributed by atoms with E-state index in [0.717, 1.165) is 5.56 Å². The zero-order valence-electron chi connectivity index (χ0n) is 22.7. The highest BCUT2D eigenvalue weighted by molar-refractivity contribution is 7.13. The quantitative estimate of drug-likeness (QED) is 0.258. The topological polar surface area (TPSA) is 97.3 Å². The molecule has 43 heavy (non-hydrogen) atoms. The number of hydrogen-bond acceptors (Lipinski definition) is 7. The van der Waals surface area contributed by atoms with Crippen molar-refractivity contribution in [3.63, 3.8) is 0 Å². The van der Waals surface area contributed by atoms with Gasteiger partial charge in [-0.1, -0.05) is 62.9 Å². The molecule has 1 saturated heterocycles. The highest BCUT2D eigenvalue weighted by Gasteiger charge is 2.44. The third-order valence-corrected chi connectivity index (χ3v) is 8.41. The molecule has 1 fully saturated rings. The summed E-state index contributed by atoms with van der Waals surface area (Å²) in [5, 5.41) is 10.9. The first-order valence-corrected chi connectivity index (χ1v) is 14.2. The van der Waals surface area contributed by atoms with E-state index in [1.807, 2.05) is 38.1 Å². The molecular formula is C31H30F3N5O3S. The van der Waals surface area contributed by atoms with Crippen molar-refractivity contribution in [2.45, 2.75) is 46.0 Å². The smallest absolute Gasteiger partial charge is 0.256 e. The fourth-order valence-corrected chi connectivity index (χ4v) is 5.89. The number of aromatic nitrogens is 3. The maximum atomic E-state index is 15.2. The second-order valence-corrected chi connectivity index (χ2v) is 11.8. The van der Waals surface area contributed by atoms with E-state index in [0.29, 0.717) is 27.7 Å². The van der Waals surface area contributed by atoms with Gasteiger partial charge in [0.2, 0.25) is 16.9 Å². The van der Waals surface area contributed by atoms with E-state index in [2.05, 4.69) is 20.5 Å². The Morgan fingerprint density at radius 3 is 2.51 bits per heavy atom. The third-order valence-electron chi connectivity index (χ3n) is 7.80. The summed E-state index contributed by atoms with van der Waals surface area (Å²) in [5.74, 6) is -4.05. The molecule has 0 unspecified atom stereocenters. The van der Waals surface area contributed by atoms with Gasteiger partial charge in [-0.3, -0.25) is 9.59 Å². The van der Waals surface area contributed by atoms with Crippen LogP contribution >= 0.6 is 11.3 Å². The number of ether oxygens (including phenoxy) is 1. The number of anilines is 1. The van der Waals surface area contributed by atoms with Crippen LogP contribution in [0.5, 0.6) is 11.6 Å². The van der Waals surface area contributed by atoms with Crippen molar-refractivity contribution in [3.8, 4) is 22.9 Å². The normalized spacial score (nSPS) is 17.1. The lowest BCUT2D eigenvalue weighted by atomic mass is 9.69. The van der Waals surface area contributed by atoms with Crippen molar-refractivity contribution < 1.29 is 27.5 Å². The van der Waals surface area contributed by atoms with E-state index in [9.17, 15) is 18.4 Å². The number of halogens is 3. The van der Waals surface area contributed by atoms with Crippen LogP contribution in [-0.2, 0) is 4.79 Å². The molecule has 1 atom stereocenters. The van der Waals surface area contributed by atoms with E-state index in [1.54, 1.807) is 18.2 Å². The second-order valence-electron chi connectivity index (χ2n) is 10.9. The van der Waals surface area contributed by atoms with Crippen molar-refractivity contribution in [2.75, 3.05) is 18.4 Å². The first-order chi connectivity index (χ1) is 20.0. The molecule has 0 radical (unpaired) electrons. The van der Waals surface area contributed by atoms with E-state index < -0.39 is 41.8 Å². The number of piperidine rings is 1. The summed E-state index contributed by atoms with van der Waals surface area (Å²) >= 11 is 1.22. The van der Waals surface area contributed by atoms with Crippen LogP contribution in [0.25, 0.3) is 11.3 Å². The summed E-state index contributed by atoms with van der Waals surface area (Å²) in [6.45, 7) is 3.41. The SMILES string of the molecule is C.CC(C)(C(=O)Nc1nncs1)[C@H]1c2ccccc2Oc2nc(-c3ccc(C(=O)N4CCC(F)(F)CC4)c(F)c3)ccc21. The largest absolute Gasteiger partial charge is 0.438 e. The molecule has 0 saturated carbocycles. The average molecular weight is 610 g/mol. The zero-order valence-corrected chi connectivity index (χ0v) is 23.6. The summed E-state index contributed by atoms with van der Waals surface area (Å²) in [7, 11) is 0. The number of fused-ring (bicyclic) bond motifs is 2. The van der Waals surface area contributed by atoms with E-state index in [1.165, 1.54) is 33.9 Å². The van der Waals surface area contributed by atoms with Gasteiger partial charge in [0.1, 0.15) is 17.1 Å². The van der Waals surface area contributed by atoms with Gasteiger partial charge in [0, 0.05) is 48.5 Å². The molecule has 4 aromatic rings.